The first-order valence-corrected chi connectivity index (χ1v) is 6.77. The van der Waals surface area contributed by atoms with Gasteiger partial charge in [0.05, 0.1) is 11.1 Å². The molecule has 1 atom stereocenters. The van der Waals surface area contributed by atoms with Crippen molar-refractivity contribution in [2.75, 3.05) is 6.61 Å². The number of para-hydroxylation sites is 1. The molecule has 2 aromatic carbocycles. The number of Topliss-reactive ketones (excluding diaryl/α,β-unsaturated/α-hetero) is 1. The van der Waals surface area contributed by atoms with Gasteiger partial charge in [0.25, 0.3) is 0 Å². The van der Waals surface area contributed by atoms with Gasteiger partial charge in [-0.2, -0.15) is 13.2 Å². The van der Waals surface area contributed by atoms with Crippen molar-refractivity contribution in [2.24, 2.45) is 5.73 Å². The number of carbonyl (C=O) groups excluding carboxylic acids is 1. The number of alkyl halides is 3. The molecule has 2 N–H and O–H groups in total. The average molecular weight is 360 g/mol. The number of fused-ring (bicyclic) bond motifs is 1. The van der Waals surface area contributed by atoms with E-state index < -0.39 is 17.8 Å². The van der Waals surface area contributed by atoms with Crippen LogP contribution in [0.25, 0.3) is 0 Å². The zero-order valence-electron chi connectivity index (χ0n) is 12.2. The lowest BCUT2D eigenvalue weighted by Crippen LogP contribution is -2.40. The van der Waals surface area contributed by atoms with Crippen LogP contribution in [-0.4, -0.2) is 18.4 Å². The van der Waals surface area contributed by atoms with Gasteiger partial charge in [0, 0.05) is 0 Å². The number of carbonyl (C=O) groups is 1. The number of ketones is 1. The number of hydrogen-bond donors (Lipinski definition) is 1. The largest absolute Gasteiger partial charge is 0.487 e. The third kappa shape index (κ3) is 3.47. The molecule has 0 saturated heterocycles. The minimum atomic E-state index is -4.41. The van der Waals surface area contributed by atoms with Gasteiger partial charge in [0.15, 0.2) is 17.3 Å². The highest BCUT2D eigenvalue weighted by atomic mass is 35.5. The molecule has 0 saturated carbocycles. The van der Waals surface area contributed by atoms with Gasteiger partial charge >= 0.3 is 6.18 Å². The first kappa shape index (κ1) is 18.1. The number of nitrogens with two attached hydrogens (primary N) is 1. The molecular weight excluding hydrogens is 347 g/mol. The van der Waals surface area contributed by atoms with Gasteiger partial charge in [-0.3, -0.25) is 4.79 Å². The Hall–Kier alpha value is -2.25. The van der Waals surface area contributed by atoms with E-state index in [1.54, 1.807) is 18.2 Å². The van der Waals surface area contributed by atoms with Crippen molar-refractivity contribution in [3.8, 4) is 17.2 Å². The molecule has 0 fully saturated rings. The van der Waals surface area contributed by atoms with Crippen LogP contribution in [0, 0.1) is 0 Å². The zero-order chi connectivity index (χ0) is 16.6. The van der Waals surface area contributed by atoms with E-state index in [9.17, 15) is 18.0 Å². The molecule has 0 aromatic heterocycles. The van der Waals surface area contributed by atoms with Crippen LogP contribution in [0.3, 0.4) is 0 Å². The van der Waals surface area contributed by atoms with E-state index in [0.717, 1.165) is 12.1 Å². The Kier molecular flexibility index (Phi) is 5.05. The number of hydrogen-bond acceptors (Lipinski definition) is 4. The lowest BCUT2D eigenvalue weighted by Gasteiger charge is -2.23. The van der Waals surface area contributed by atoms with Crippen molar-refractivity contribution in [3.63, 3.8) is 0 Å². The minimum absolute atomic E-state index is 0. The van der Waals surface area contributed by atoms with E-state index in [0.29, 0.717) is 5.56 Å². The molecule has 2 aromatic rings. The second kappa shape index (κ2) is 6.70. The van der Waals surface area contributed by atoms with Gasteiger partial charge in [-0.05, 0) is 36.4 Å². The topological polar surface area (TPSA) is 61.6 Å². The fourth-order valence-electron chi connectivity index (χ4n) is 2.23. The molecule has 128 valence electrons. The molecular formula is C16H13ClF3NO3. The van der Waals surface area contributed by atoms with E-state index in [1.165, 1.54) is 12.1 Å². The summed E-state index contributed by atoms with van der Waals surface area (Å²) in [6, 6.07) is 8.26. The standard InChI is InChI=1S/C16H12F3NO3.ClH/c17-16(18,19)9-4-6-10(7-5-9)23-13-3-1-2-11-14(21)12(20)8-22-15(11)13;/h1-7,12H,8,20H2;1H. The maximum atomic E-state index is 12.5. The van der Waals surface area contributed by atoms with Crippen LogP contribution in [-0.2, 0) is 6.18 Å². The fraction of sp³-hybridized carbons (Fsp3) is 0.188. The molecule has 3 rings (SSSR count). The van der Waals surface area contributed by atoms with Gasteiger partial charge in [0.1, 0.15) is 18.4 Å². The molecule has 24 heavy (non-hydrogen) atoms. The Labute approximate surface area is 141 Å². The summed E-state index contributed by atoms with van der Waals surface area (Å²) in [5.41, 5.74) is 5.16. The molecule has 0 spiro atoms. The van der Waals surface area contributed by atoms with Crippen LogP contribution in [0.15, 0.2) is 42.5 Å². The molecule has 1 unspecified atom stereocenters. The molecule has 0 radical (unpaired) electrons. The minimum Gasteiger partial charge on any atom is -0.487 e. The van der Waals surface area contributed by atoms with Crippen molar-refractivity contribution in [1.29, 1.82) is 0 Å². The lowest BCUT2D eigenvalue weighted by molar-refractivity contribution is -0.137. The van der Waals surface area contributed by atoms with E-state index in [4.69, 9.17) is 15.2 Å². The Morgan fingerprint density at radius 1 is 1.12 bits per heavy atom. The van der Waals surface area contributed by atoms with Crippen LogP contribution in [0.5, 0.6) is 17.2 Å². The first-order chi connectivity index (χ1) is 10.9. The third-order valence-corrected chi connectivity index (χ3v) is 3.40. The fourth-order valence-corrected chi connectivity index (χ4v) is 2.23. The normalized spacial score (nSPS) is 16.7. The molecule has 0 bridgehead atoms. The highest BCUT2D eigenvalue weighted by Gasteiger charge is 2.30. The van der Waals surface area contributed by atoms with Crippen molar-refractivity contribution < 1.29 is 27.4 Å². The molecule has 8 heteroatoms. The number of ether oxygens (including phenoxy) is 2. The average Bonchev–Trinajstić information content (AvgIpc) is 2.51. The first-order valence-electron chi connectivity index (χ1n) is 6.77. The highest BCUT2D eigenvalue weighted by Crippen LogP contribution is 2.38. The molecule has 0 aliphatic carbocycles. The van der Waals surface area contributed by atoms with Crippen LogP contribution >= 0.6 is 12.4 Å². The summed E-state index contributed by atoms with van der Waals surface area (Å²) in [4.78, 5) is 12.0. The quantitative estimate of drug-likeness (QED) is 0.885. The van der Waals surface area contributed by atoms with Crippen molar-refractivity contribution in [2.45, 2.75) is 12.2 Å². The maximum absolute atomic E-state index is 12.5. The number of rotatable bonds is 2. The van der Waals surface area contributed by atoms with Crippen LogP contribution in [0.4, 0.5) is 13.2 Å². The second-order valence-corrected chi connectivity index (χ2v) is 5.04. The van der Waals surface area contributed by atoms with Gasteiger partial charge in [-0.25, -0.2) is 0 Å². The predicted molar refractivity (Wildman–Crippen MR) is 83.0 cm³/mol. The van der Waals surface area contributed by atoms with Gasteiger partial charge in [-0.15, -0.1) is 12.4 Å². The van der Waals surface area contributed by atoms with E-state index in [2.05, 4.69) is 0 Å². The predicted octanol–water partition coefficient (Wildman–Crippen LogP) is 3.82. The van der Waals surface area contributed by atoms with Gasteiger partial charge in [0.2, 0.25) is 0 Å². The molecule has 1 heterocycles. The summed E-state index contributed by atoms with van der Waals surface area (Å²) in [6.07, 6.45) is -4.41. The number of benzene rings is 2. The zero-order valence-corrected chi connectivity index (χ0v) is 13.0. The summed E-state index contributed by atoms with van der Waals surface area (Å²) in [6.45, 7) is 0.0270. The Morgan fingerprint density at radius 2 is 1.79 bits per heavy atom. The van der Waals surface area contributed by atoms with Crippen molar-refractivity contribution >= 4 is 18.2 Å². The molecule has 1 aliphatic heterocycles. The second-order valence-electron chi connectivity index (χ2n) is 5.04. The number of halogens is 4. The SMILES string of the molecule is Cl.NC1COc2c(Oc3ccc(C(F)(F)F)cc3)cccc2C1=O. The van der Waals surface area contributed by atoms with Crippen LogP contribution in [0.1, 0.15) is 15.9 Å². The van der Waals surface area contributed by atoms with E-state index >= 15 is 0 Å². The summed E-state index contributed by atoms with van der Waals surface area (Å²) < 4.78 is 48.6. The van der Waals surface area contributed by atoms with Gasteiger partial charge in [-0.1, -0.05) is 6.07 Å². The maximum Gasteiger partial charge on any atom is 0.416 e. The van der Waals surface area contributed by atoms with E-state index in [1.807, 2.05) is 0 Å². The van der Waals surface area contributed by atoms with Gasteiger partial charge < -0.3 is 15.2 Å². The van der Waals surface area contributed by atoms with E-state index in [-0.39, 0.29) is 42.0 Å². The summed E-state index contributed by atoms with van der Waals surface area (Å²) in [5.74, 6) is 0.447. The Bertz CT molecular complexity index is 747. The lowest BCUT2D eigenvalue weighted by atomic mass is 10.0. The third-order valence-electron chi connectivity index (χ3n) is 3.40. The Morgan fingerprint density at radius 3 is 2.42 bits per heavy atom. The van der Waals surface area contributed by atoms with Crippen molar-refractivity contribution in [3.05, 3.63) is 53.6 Å². The van der Waals surface area contributed by atoms with Crippen LogP contribution in [0.2, 0.25) is 0 Å². The van der Waals surface area contributed by atoms with Crippen LogP contribution < -0.4 is 15.2 Å². The summed E-state index contributed by atoms with van der Waals surface area (Å²) >= 11 is 0. The Balaban J connectivity index is 0.00000208. The molecule has 0 amide bonds. The highest BCUT2D eigenvalue weighted by molar-refractivity contribution is 6.04. The molecule has 4 nitrogen and oxygen atoms in total. The monoisotopic (exact) mass is 359 g/mol. The summed E-state index contributed by atoms with van der Waals surface area (Å²) in [7, 11) is 0. The smallest absolute Gasteiger partial charge is 0.416 e. The molecule has 1 aliphatic rings. The summed E-state index contributed by atoms with van der Waals surface area (Å²) in [5, 5.41) is 0. The van der Waals surface area contributed by atoms with Crippen molar-refractivity contribution in [1.82, 2.24) is 0 Å².